The standard InChI is InChI=1S/C19H28N2O.ClH/c1-2-20-15-17-8-12-21(13-9-17)18(22)19(10-11-19)14-16-6-4-3-5-7-16;/h3-7,17,20H,2,8-15H2,1H3;1H. The molecule has 1 heterocycles. The van der Waals surface area contributed by atoms with Gasteiger partial charge in [0.15, 0.2) is 0 Å². The van der Waals surface area contributed by atoms with E-state index in [1.165, 1.54) is 5.56 Å². The van der Waals surface area contributed by atoms with Gasteiger partial charge in [-0.1, -0.05) is 37.3 Å². The molecule has 4 heteroatoms. The Balaban J connectivity index is 0.00000192. The van der Waals surface area contributed by atoms with Crippen LogP contribution < -0.4 is 5.32 Å². The fraction of sp³-hybridized carbons (Fsp3) is 0.632. The van der Waals surface area contributed by atoms with E-state index in [0.717, 1.165) is 64.2 Å². The van der Waals surface area contributed by atoms with Crippen molar-refractivity contribution in [1.29, 1.82) is 0 Å². The van der Waals surface area contributed by atoms with Crippen molar-refractivity contribution < 1.29 is 4.79 Å². The number of likely N-dealkylation sites (tertiary alicyclic amines) is 1. The van der Waals surface area contributed by atoms with Crippen molar-refractivity contribution in [3.05, 3.63) is 35.9 Å². The predicted molar refractivity (Wildman–Crippen MR) is 96.9 cm³/mol. The zero-order chi connectivity index (χ0) is 15.4. The van der Waals surface area contributed by atoms with E-state index in [1.807, 2.05) is 6.07 Å². The minimum atomic E-state index is -0.0736. The number of carbonyl (C=O) groups is 1. The summed E-state index contributed by atoms with van der Waals surface area (Å²) in [6.45, 7) is 6.20. The van der Waals surface area contributed by atoms with Crippen LogP contribution in [-0.4, -0.2) is 37.0 Å². The fourth-order valence-corrected chi connectivity index (χ4v) is 3.63. The minimum absolute atomic E-state index is 0. The van der Waals surface area contributed by atoms with E-state index in [4.69, 9.17) is 0 Å². The second kappa shape index (κ2) is 8.16. The van der Waals surface area contributed by atoms with Gasteiger partial charge in [-0.25, -0.2) is 0 Å². The van der Waals surface area contributed by atoms with Crippen LogP contribution in [0.3, 0.4) is 0 Å². The zero-order valence-electron chi connectivity index (χ0n) is 14.1. The maximum atomic E-state index is 12.9. The molecule has 0 aromatic heterocycles. The number of benzene rings is 1. The van der Waals surface area contributed by atoms with Gasteiger partial charge >= 0.3 is 0 Å². The average Bonchev–Trinajstić information content (AvgIpc) is 3.34. The second-order valence-corrected chi connectivity index (χ2v) is 6.99. The molecule has 23 heavy (non-hydrogen) atoms. The van der Waals surface area contributed by atoms with Crippen molar-refractivity contribution >= 4 is 18.3 Å². The van der Waals surface area contributed by atoms with Gasteiger partial charge < -0.3 is 10.2 Å². The summed E-state index contributed by atoms with van der Waals surface area (Å²) >= 11 is 0. The van der Waals surface area contributed by atoms with Crippen LogP contribution in [0.2, 0.25) is 0 Å². The molecule has 1 aromatic carbocycles. The lowest BCUT2D eigenvalue weighted by Crippen LogP contribution is -2.44. The summed E-state index contributed by atoms with van der Waals surface area (Å²) in [6, 6.07) is 10.5. The Morgan fingerprint density at radius 1 is 1.22 bits per heavy atom. The number of nitrogens with zero attached hydrogens (tertiary/aromatic N) is 1. The SMILES string of the molecule is CCNCC1CCN(C(=O)C2(Cc3ccccc3)CC2)CC1.Cl. The topological polar surface area (TPSA) is 32.3 Å². The molecule has 1 aromatic rings. The highest BCUT2D eigenvalue weighted by Gasteiger charge is 2.51. The maximum absolute atomic E-state index is 12.9. The predicted octanol–water partition coefficient (Wildman–Crippen LogP) is 3.28. The first-order valence-corrected chi connectivity index (χ1v) is 8.77. The monoisotopic (exact) mass is 336 g/mol. The summed E-state index contributed by atoms with van der Waals surface area (Å²) in [6.07, 6.45) is 5.36. The quantitative estimate of drug-likeness (QED) is 0.864. The van der Waals surface area contributed by atoms with E-state index in [2.05, 4.69) is 41.4 Å². The highest BCUT2D eigenvalue weighted by Crippen LogP contribution is 2.50. The van der Waals surface area contributed by atoms with Crippen LogP contribution in [0.1, 0.15) is 38.2 Å². The van der Waals surface area contributed by atoms with Crippen LogP contribution >= 0.6 is 12.4 Å². The summed E-state index contributed by atoms with van der Waals surface area (Å²) in [5.41, 5.74) is 1.23. The van der Waals surface area contributed by atoms with Crippen molar-refractivity contribution in [1.82, 2.24) is 10.2 Å². The Kier molecular flexibility index (Phi) is 6.49. The first-order valence-electron chi connectivity index (χ1n) is 8.77. The molecule has 1 amide bonds. The Hall–Kier alpha value is -1.06. The van der Waals surface area contributed by atoms with Crippen LogP contribution in [-0.2, 0) is 11.2 Å². The van der Waals surface area contributed by atoms with Gasteiger partial charge in [0.05, 0.1) is 5.41 Å². The summed E-state index contributed by atoms with van der Waals surface area (Å²) in [5, 5.41) is 3.43. The number of hydrogen-bond donors (Lipinski definition) is 1. The van der Waals surface area contributed by atoms with Gasteiger partial charge in [0.1, 0.15) is 0 Å². The summed E-state index contributed by atoms with van der Waals surface area (Å²) in [7, 11) is 0. The molecule has 1 aliphatic carbocycles. The van der Waals surface area contributed by atoms with Crippen LogP contribution in [0.25, 0.3) is 0 Å². The lowest BCUT2D eigenvalue weighted by molar-refractivity contribution is -0.138. The van der Waals surface area contributed by atoms with Gasteiger partial charge in [0.25, 0.3) is 0 Å². The molecule has 0 spiro atoms. The lowest BCUT2D eigenvalue weighted by atomic mass is 9.91. The van der Waals surface area contributed by atoms with Gasteiger partial charge in [-0.2, -0.15) is 0 Å². The van der Waals surface area contributed by atoms with Gasteiger partial charge in [-0.15, -0.1) is 12.4 Å². The number of hydrogen-bond acceptors (Lipinski definition) is 2. The Bertz CT molecular complexity index is 493. The lowest BCUT2D eigenvalue weighted by Gasteiger charge is -2.34. The largest absolute Gasteiger partial charge is 0.342 e. The molecule has 3 nitrogen and oxygen atoms in total. The first-order chi connectivity index (χ1) is 10.7. The Morgan fingerprint density at radius 3 is 2.43 bits per heavy atom. The fourth-order valence-electron chi connectivity index (χ4n) is 3.63. The highest BCUT2D eigenvalue weighted by molar-refractivity contribution is 5.86. The van der Waals surface area contributed by atoms with Crippen LogP contribution in [0.4, 0.5) is 0 Å². The summed E-state index contributed by atoms with van der Waals surface area (Å²) in [4.78, 5) is 15.1. The normalized spacial score (nSPS) is 20.0. The molecular formula is C19H29ClN2O. The molecule has 128 valence electrons. The smallest absolute Gasteiger partial charge is 0.229 e. The zero-order valence-corrected chi connectivity index (χ0v) is 14.9. The van der Waals surface area contributed by atoms with Crippen molar-refractivity contribution in [3.63, 3.8) is 0 Å². The van der Waals surface area contributed by atoms with E-state index in [1.54, 1.807) is 0 Å². The van der Waals surface area contributed by atoms with Gasteiger partial charge in [0, 0.05) is 13.1 Å². The molecule has 1 saturated heterocycles. The van der Waals surface area contributed by atoms with E-state index in [0.29, 0.717) is 5.91 Å². The Labute approximate surface area is 146 Å². The number of carbonyl (C=O) groups excluding carboxylic acids is 1. The highest BCUT2D eigenvalue weighted by atomic mass is 35.5. The van der Waals surface area contributed by atoms with Gasteiger partial charge in [0.2, 0.25) is 5.91 Å². The number of nitrogens with one attached hydrogen (secondary N) is 1. The van der Waals surface area contributed by atoms with Crippen molar-refractivity contribution in [3.8, 4) is 0 Å². The summed E-state index contributed by atoms with van der Waals surface area (Å²) < 4.78 is 0. The minimum Gasteiger partial charge on any atom is -0.342 e. The molecule has 2 aliphatic rings. The third kappa shape index (κ3) is 4.48. The summed E-state index contributed by atoms with van der Waals surface area (Å²) in [5.74, 6) is 1.16. The third-order valence-electron chi connectivity index (χ3n) is 5.28. The number of amides is 1. The number of halogens is 1. The molecular weight excluding hydrogens is 308 g/mol. The molecule has 0 bridgehead atoms. The van der Waals surface area contributed by atoms with E-state index >= 15 is 0 Å². The first kappa shape index (κ1) is 18.3. The molecule has 2 fully saturated rings. The molecule has 0 unspecified atom stereocenters. The molecule has 1 saturated carbocycles. The van der Waals surface area contributed by atoms with Crippen molar-refractivity contribution in [2.24, 2.45) is 11.3 Å². The van der Waals surface area contributed by atoms with Gasteiger partial charge in [-0.05, 0) is 56.7 Å². The third-order valence-corrected chi connectivity index (χ3v) is 5.28. The van der Waals surface area contributed by atoms with Gasteiger partial charge in [-0.3, -0.25) is 4.79 Å². The van der Waals surface area contributed by atoms with E-state index in [-0.39, 0.29) is 17.8 Å². The van der Waals surface area contributed by atoms with Crippen LogP contribution in [0.15, 0.2) is 30.3 Å². The maximum Gasteiger partial charge on any atom is 0.229 e. The molecule has 3 rings (SSSR count). The van der Waals surface area contributed by atoms with Crippen LogP contribution in [0, 0.1) is 11.3 Å². The van der Waals surface area contributed by atoms with Crippen molar-refractivity contribution in [2.75, 3.05) is 26.2 Å². The average molecular weight is 337 g/mol. The number of piperidine rings is 1. The molecule has 0 radical (unpaired) electrons. The van der Waals surface area contributed by atoms with E-state index < -0.39 is 0 Å². The molecule has 0 atom stereocenters. The van der Waals surface area contributed by atoms with E-state index in [9.17, 15) is 4.79 Å². The second-order valence-electron chi connectivity index (χ2n) is 6.99. The molecule has 1 N–H and O–H groups in total. The number of rotatable bonds is 6. The Morgan fingerprint density at radius 2 is 1.87 bits per heavy atom. The molecule has 1 aliphatic heterocycles. The van der Waals surface area contributed by atoms with Crippen molar-refractivity contribution in [2.45, 2.75) is 39.0 Å². The van der Waals surface area contributed by atoms with Crippen LogP contribution in [0.5, 0.6) is 0 Å².